The highest BCUT2D eigenvalue weighted by Crippen LogP contribution is 2.18. The molecule has 2 rings (SSSR count). The highest BCUT2D eigenvalue weighted by atomic mass is 16.2. The lowest BCUT2D eigenvalue weighted by atomic mass is 9.95. The molecule has 0 spiro atoms. The van der Waals surface area contributed by atoms with Crippen LogP contribution >= 0.6 is 0 Å². The van der Waals surface area contributed by atoms with Gasteiger partial charge in [-0.1, -0.05) is 39.2 Å². The normalized spacial score (nSPS) is 15.3. The number of nitrogens with one attached hydrogen (secondary N) is 3. The lowest BCUT2D eigenvalue weighted by molar-refractivity contribution is -0.120. The molecule has 0 saturated heterocycles. The second-order valence-electron chi connectivity index (χ2n) is 6.48. The molecule has 0 heterocycles. The van der Waals surface area contributed by atoms with Crippen LogP contribution in [-0.4, -0.2) is 24.4 Å². The SMILES string of the molecule is CC(C)C(=O)Nc1cccc(NCC(=O)NC2CCCCC2)c1. The molecule has 5 nitrogen and oxygen atoms in total. The van der Waals surface area contributed by atoms with E-state index in [2.05, 4.69) is 16.0 Å². The maximum absolute atomic E-state index is 12.0. The molecule has 0 bridgehead atoms. The summed E-state index contributed by atoms with van der Waals surface area (Å²) < 4.78 is 0. The molecule has 1 aliphatic carbocycles. The van der Waals surface area contributed by atoms with Crippen LogP contribution in [0.2, 0.25) is 0 Å². The second-order valence-corrected chi connectivity index (χ2v) is 6.48. The molecule has 0 aromatic heterocycles. The van der Waals surface area contributed by atoms with Gasteiger partial charge in [0.05, 0.1) is 6.54 Å². The van der Waals surface area contributed by atoms with Crippen LogP contribution < -0.4 is 16.0 Å². The molecule has 0 atom stereocenters. The standard InChI is InChI=1S/C18H27N3O2/c1-13(2)18(23)21-16-10-6-9-15(11-16)19-12-17(22)20-14-7-4-3-5-8-14/h6,9-11,13-14,19H,3-5,7-8,12H2,1-2H3,(H,20,22)(H,21,23). The summed E-state index contributed by atoms with van der Waals surface area (Å²) in [6.07, 6.45) is 5.86. The highest BCUT2D eigenvalue weighted by molar-refractivity contribution is 5.92. The van der Waals surface area contributed by atoms with Gasteiger partial charge in [-0.05, 0) is 31.0 Å². The zero-order valence-corrected chi connectivity index (χ0v) is 14.0. The fourth-order valence-corrected chi connectivity index (χ4v) is 2.70. The third kappa shape index (κ3) is 5.93. The van der Waals surface area contributed by atoms with Crippen LogP contribution in [0.15, 0.2) is 24.3 Å². The van der Waals surface area contributed by atoms with Gasteiger partial charge in [-0.3, -0.25) is 9.59 Å². The van der Waals surface area contributed by atoms with Gasteiger partial charge in [0.15, 0.2) is 0 Å². The van der Waals surface area contributed by atoms with Crippen LogP contribution in [0.25, 0.3) is 0 Å². The van der Waals surface area contributed by atoms with E-state index in [1.54, 1.807) is 0 Å². The Bertz CT molecular complexity index is 537. The maximum Gasteiger partial charge on any atom is 0.239 e. The Morgan fingerprint density at radius 2 is 1.83 bits per heavy atom. The largest absolute Gasteiger partial charge is 0.376 e. The Labute approximate surface area is 138 Å². The van der Waals surface area contributed by atoms with Crippen LogP contribution in [-0.2, 0) is 9.59 Å². The minimum atomic E-state index is -0.0621. The number of anilines is 2. The van der Waals surface area contributed by atoms with Crippen LogP contribution in [0.3, 0.4) is 0 Å². The molecule has 1 saturated carbocycles. The van der Waals surface area contributed by atoms with Crippen molar-refractivity contribution in [3.8, 4) is 0 Å². The van der Waals surface area contributed by atoms with Crippen molar-refractivity contribution in [2.45, 2.75) is 52.0 Å². The van der Waals surface area contributed by atoms with Gasteiger partial charge >= 0.3 is 0 Å². The number of carbonyl (C=O) groups is 2. The lowest BCUT2D eigenvalue weighted by Crippen LogP contribution is -2.39. The first-order valence-electron chi connectivity index (χ1n) is 8.49. The summed E-state index contributed by atoms with van der Waals surface area (Å²) in [7, 11) is 0. The van der Waals surface area contributed by atoms with E-state index < -0.39 is 0 Å². The number of hydrogen-bond acceptors (Lipinski definition) is 3. The van der Waals surface area contributed by atoms with Gasteiger partial charge in [-0.25, -0.2) is 0 Å². The summed E-state index contributed by atoms with van der Waals surface area (Å²) in [6, 6.07) is 7.76. The summed E-state index contributed by atoms with van der Waals surface area (Å²) in [5.74, 6) is -0.0569. The summed E-state index contributed by atoms with van der Waals surface area (Å²) >= 11 is 0. The van der Waals surface area contributed by atoms with Crippen LogP contribution in [0.1, 0.15) is 46.0 Å². The number of carbonyl (C=O) groups excluding carboxylic acids is 2. The van der Waals surface area contributed by atoms with Gasteiger partial charge in [0, 0.05) is 23.3 Å². The Hall–Kier alpha value is -2.04. The minimum Gasteiger partial charge on any atom is -0.376 e. The van der Waals surface area contributed by atoms with E-state index in [0.717, 1.165) is 24.2 Å². The van der Waals surface area contributed by atoms with Gasteiger partial charge in [-0.2, -0.15) is 0 Å². The number of rotatable bonds is 6. The Morgan fingerprint density at radius 3 is 2.52 bits per heavy atom. The zero-order chi connectivity index (χ0) is 16.7. The van der Waals surface area contributed by atoms with Gasteiger partial charge in [0.25, 0.3) is 0 Å². The molecule has 0 radical (unpaired) electrons. The van der Waals surface area contributed by atoms with Gasteiger partial charge in [0.2, 0.25) is 11.8 Å². The first-order valence-corrected chi connectivity index (χ1v) is 8.49. The van der Waals surface area contributed by atoms with Gasteiger partial charge in [-0.15, -0.1) is 0 Å². The van der Waals surface area contributed by atoms with Crippen LogP contribution in [0.5, 0.6) is 0 Å². The van der Waals surface area contributed by atoms with Crippen molar-refractivity contribution in [1.82, 2.24) is 5.32 Å². The van der Waals surface area contributed by atoms with E-state index in [-0.39, 0.29) is 24.3 Å². The van der Waals surface area contributed by atoms with Gasteiger partial charge < -0.3 is 16.0 Å². The van der Waals surface area contributed by atoms with Crippen molar-refractivity contribution >= 4 is 23.2 Å². The van der Waals surface area contributed by atoms with Crippen molar-refractivity contribution in [3.05, 3.63) is 24.3 Å². The van der Waals surface area contributed by atoms with E-state index in [0.29, 0.717) is 6.04 Å². The maximum atomic E-state index is 12.0. The molecule has 126 valence electrons. The molecule has 2 amide bonds. The fourth-order valence-electron chi connectivity index (χ4n) is 2.70. The second kappa shape index (κ2) is 8.56. The van der Waals surface area contributed by atoms with E-state index in [4.69, 9.17) is 0 Å². The first kappa shape index (κ1) is 17.3. The van der Waals surface area contributed by atoms with Crippen LogP contribution in [0, 0.1) is 5.92 Å². The molecule has 5 heteroatoms. The summed E-state index contributed by atoms with van der Waals surface area (Å²) in [6.45, 7) is 3.96. The quantitative estimate of drug-likeness (QED) is 0.755. The Balaban J connectivity index is 1.80. The Morgan fingerprint density at radius 1 is 1.13 bits per heavy atom. The van der Waals surface area contributed by atoms with E-state index in [1.807, 2.05) is 38.1 Å². The predicted octanol–water partition coefficient (Wildman–Crippen LogP) is 3.14. The van der Waals surface area contributed by atoms with Crippen molar-refractivity contribution in [2.75, 3.05) is 17.2 Å². The fraction of sp³-hybridized carbons (Fsp3) is 0.556. The molecular weight excluding hydrogens is 290 g/mol. The number of amides is 2. The monoisotopic (exact) mass is 317 g/mol. The molecule has 1 aromatic carbocycles. The van der Waals surface area contributed by atoms with E-state index >= 15 is 0 Å². The summed E-state index contributed by atoms with van der Waals surface area (Å²) in [4.78, 5) is 23.7. The van der Waals surface area contributed by atoms with Crippen molar-refractivity contribution in [2.24, 2.45) is 5.92 Å². The third-order valence-corrected chi connectivity index (χ3v) is 4.08. The van der Waals surface area contributed by atoms with Crippen molar-refractivity contribution < 1.29 is 9.59 Å². The number of hydrogen-bond donors (Lipinski definition) is 3. The minimum absolute atomic E-state index is 0.0165. The van der Waals surface area contributed by atoms with E-state index in [9.17, 15) is 9.59 Å². The molecule has 23 heavy (non-hydrogen) atoms. The highest BCUT2D eigenvalue weighted by Gasteiger charge is 2.15. The molecule has 3 N–H and O–H groups in total. The average Bonchev–Trinajstić information content (AvgIpc) is 2.54. The molecule has 1 aliphatic rings. The van der Waals surface area contributed by atoms with Crippen LogP contribution in [0.4, 0.5) is 11.4 Å². The average molecular weight is 317 g/mol. The third-order valence-electron chi connectivity index (χ3n) is 4.08. The van der Waals surface area contributed by atoms with E-state index in [1.165, 1.54) is 19.3 Å². The molecule has 1 fully saturated rings. The summed E-state index contributed by atoms with van der Waals surface area (Å²) in [5, 5.41) is 9.05. The number of benzene rings is 1. The smallest absolute Gasteiger partial charge is 0.239 e. The van der Waals surface area contributed by atoms with Crippen molar-refractivity contribution in [3.63, 3.8) is 0 Å². The topological polar surface area (TPSA) is 70.2 Å². The molecule has 0 unspecified atom stereocenters. The lowest BCUT2D eigenvalue weighted by Gasteiger charge is -2.22. The zero-order valence-electron chi connectivity index (χ0n) is 14.0. The molecular formula is C18H27N3O2. The summed E-state index contributed by atoms with van der Waals surface area (Å²) in [5.41, 5.74) is 1.56. The first-order chi connectivity index (χ1) is 11.0. The molecule has 1 aromatic rings. The molecule has 0 aliphatic heterocycles. The van der Waals surface area contributed by atoms with Crippen molar-refractivity contribution in [1.29, 1.82) is 0 Å². The van der Waals surface area contributed by atoms with Gasteiger partial charge in [0.1, 0.15) is 0 Å². The Kier molecular flexibility index (Phi) is 6.44. The predicted molar refractivity (Wildman–Crippen MR) is 93.4 cm³/mol.